The molecular weight excluding hydrogens is 424 g/mol. The SMILES string of the molecule is O=C(NC1CCN(C(=O)CCc2nc3ccccc3n2-c2ccccc2)CC1)C1CCCCC1. The summed E-state index contributed by atoms with van der Waals surface area (Å²) in [5, 5.41) is 3.26. The minimum atomic E-state index is 0.170. The quantitative estimate of drug-likeness (QED) is 0.585. The Morgan fingerprint density at radius 1 is 0.882 bits per heavy atom. The van der Waals surface area contributed by atoms with E-state index in [1.807, 2.05) is 41.3 Å². The number of fused-ring (bicyclic) bond motifs is 1. The average Bonchev–Trinajstić information content (AvgIpc) is 3.27. The summed E-state index contributed by atoms with van der Waals surface area (Å²) in [5.41, 5.74) is 3.07. The first-order valence-corrected chi connectivity index (χ1v) is 12.8. The molecule has 1 saturated carbocycles. The van der Waals surface area contributed by atoms with Crippen LogP contribution in [0.4, 0.5) is 0 Å². The van der Waals surface area contributed by atoms with Crippen molar-refractivity contribution in [3.05, 3.63) is 60.4 Å². The minimum Gasteiger partial charge on any atom is -0.353 e. The molecule has 0 atom stereocenters. The van der Waals surface area contributed by atoms with Gasteiger partial charge in [-0.25, -0.2) is 4.98 Å². The van der Waals surface area contributed by atoms with Crippen LogP contribution in [0.3, 0.4) is 0 Å². The summed E-state index contributed by atoms with van der Waals surface area (Å²) in [5.74, 6) is 1.50. The number of benzene rings is 2. The summed E-state index contributed by atoms with van der Waals surface area (Å²) < 4.78 is 2.16. The predicted octanol–water partition coefficient (Wildman–Crippen LogP) is 4.65. The molecule has 1 N–H and O–H groups in total. The third-order valence-electron chi connectivity index (χ3n) is 7.38. The Hall–Kier alpha value is -3.15. The molecule has 5 rings (SSSR count). The van der Waals surface area contributed by atoms with E-state index >= 15 is 0 Å². The van der Waals surface area contributed by atoms with Crippen molar-refractivity contribution in [2.45, 2.75) is 63.8 Å². The minimum absolute atomic E-state index is 0.170. The number of aryl methyl sites for hydroxylation is 1. The summed E-state index contributed by atoms with van der Waals surface area (Å²) in [7, 11) is 0. The molecule has 2 aromatic carbocycles. The van der Waals surface area contributed by atoms with Gasteiger partial charge in [-0.3, -0.25) is 14.2 Å². The fourth-order valence-corrected chi connectivity index (χ4v) is 5.44. The van der Waals surface area contributed by atoms with Crippen molar-refractivity contribution in [3.63, 3.8) is 0 Å². The maximum atomic E-state index is 13.0. The molecule has 0 unspecified atom stereocenters. The highest BCUT2D eigenvalue weighted by atomic mass is 16.2. The summed E-state index contributed by atoms with van der Waals surface area (Å²) in [6.45, 7) is 1.42. The van der Waals surface area contributed by atoms with Gasteiger partial charge in [0, 0.05) is 43.6 Å². The topological polar surface area (TPSA) is 67.2 Å². The molecule has 2 heterocycles. The van der Waals surface area contributed by atoms with Gasteiger partial charge in [-0.2, -0.15) is 0 Å². The average molecular weight is 459 g/mol. The smallest absolute Gasteiger partial charge is 0.223 e. The molecule has 3 aromatic rings. The largest absolute Gasteiger partial charge is 0.353 e. The molecule has 1 aliphatic heterocycles. The second-order valence-corrected chi connectivity index (χ2v) is 9.69. The van der Waals surface area contributed by atoms with E-state index in [-0.39, 0.29) is 23.8 Å². The number of aromatic nitrogens is 2. The van der Waals surface area contributed by atoms with Crippen LogP contribution in [-0.2, 0) is 16.0 Å². The number of imidazole rings is 1. The van der Waals surface area contributed by atoms with Gasteiger partial charge in [0.2, 0.25) is 11.8 Å². The maximum absolute atomic E-state index is 13.0. The van der Waals surface area contributed by atoms with E-state index in [9.17, 15) is 9.59 Å². The Morgan fingerprint density at radius 2 is 1.59 bits per heavy atom. The lowest BCUT2D eigenvalue weighted by Crippen LogP contribution is -2.48. The molecule has 1 saturated heterocycles. The van der Waals surface area contributed by atoms with Crippen LogP contribution < -0.4 is 5.32 Å². The lowest BCUT2D eigenvalue weighted by atomic mass is 9.88. The van der Waals surface area contributed by atoms with Crippen molar-refractivity contribution >= 4 is 22.8 Å². The van der Waals surface area contributed by atoms with Gasteiger partial charge in [-0.15, -0.1) is 0 Å². The number of carbonyl (C=O) groups excluding carboxylic acids is 2. The van der Waals surface area contributed by atoms with E-state index < -0.39 is 0 Å². The summed E-state index contributed by atoms with van der Waals surface area (Å²) in [4.78, 5) is 32.4. The number of para-hydroxylation sites is 3. The summed E-state index contributed by atoms with van der Waals surface area (Å²) in [6.07, 6.45) is 8.36. The Bertz CT molecular complexity index is 1130. The molecule has 2 fully saturated rings. The van der Waals surface area contributed by atoms with Gasteiger partial charge in [-0.1, -0.05) is 49.6 Å². The van der Waals surface area contributed by atoms with Gasteiger partial charge < -0.3 is 10.2 Å². The molecule has 6 heteroatoms. The van der Waals surface area contributed by atoms with Crippen molar-refractivity contribution in [3.8, 4) is 5.69 Å². The number of hydrogen-bond acceptors (Lipinski definition) is 3. The maximum Gasteiger partial charge on any atom is 0.223 e. The fourth-order valence-electron chi connectivity index (χ4n) is 5.44. The molecule has 1 aliphatic carbocycles. The molecule has 2 amide bonds. The zero-order chi connectivity index (χ0) is 23.3. The van der Waals surface area contributed by atoms with Gasteiger partial charge >= 0.3 is 0 Å². The first kappa shape index (κ1) is 22.6. The van der Waals surface area contributed by atoms with Crippen molar-refractivity contribution in [1.82, 2.24) is 19.8 Å². The van der Waals surface area contributed by atoms with E-state index in [4.69, 9.17) is 4.98 Å². The Balaban J connectivity index is 1.18. The number of carbonyl (C=O) groups is 2. The van der Waals surface area contributed by atoms with Crippen LogP contribution in [0.1, 0.15) is 57.2 Å². The third kappa shape index (κ3) is 5.01. The van der Waals surface area contributed by atoms with Crippen molar-refractivity contribution in [2.75, 3.05) is 13.1 Å². The molecule has 0 radical (unpaired) electrons. The standard InChI is InChI=1S/C28H34N4O2/c33-27(31-19-17-22(18-20-31)29-28(34)21-9-3-1-4-10-21)16-15-26-30-24-13-7-8-14-25(24)32(26)23-11-5-2-6-12-23/h2,5-8,11-14,21-22H,1,3-4,9-10,15-20H2,(H,29,34). The second-order valence-electron chi connectivity index (χ2n) is 9.69. The van der Waals surface area contributed by atoms with Crippen molar-refractivity contribution in [2.24, 2.45) is 5.92 Å². The molecule has 1 aromatic heterocycles. The van der Waals surface area contributed by atoms with Crippen LogP contribution in [0, 0.1) is 5.92 Å². The highest BCUT2D eigenvalue weighted by Gasteiger charge is 2.27. The van der Waals surface area contributed by atoms with Crippen LogP contribution in [0.25, 0.3) is 16.7 Å². The highest BCUT2D eigenvalue weighted by molar-refractivity contribution is 5.80. The normalized spacial score (nSPS) is 17.7. The zero-order valence-electron chi connectivity index (χ0n) is 19.8. The summed E-state index contributed by atoms with van der Waals surface area (Å²) in [6, 6.07) is 18.5. The number of nitrogens with zero attached hydrogens (tertiary/aromatic N) is 3. The Labute approximate surface area is 201 Å². The molecule has 6 nitrogen and oxygen atoms in total. The van der Waals surface area contributed by atoms with E-state index in [1.54, 1.807) is 0 Å². The van der Waals surface area contributed by atoms with Crippen molar-refractivity contribution in [1.29, 1.82) is 0 Å². The number of amides is 2. The van der Waals surface area contributed by atoms with Crippen LogP contribution in [0.5, 0.6) is 0 Å². The van der Waals surface area contributed by atoms with Gasteiger partial charge in [0.25, 0.3) is 0 Å². The van der Waals surface area contributed by atoms with Crippen LogP contribution >= 0.6 is 0 Å². The monoisotopic (exact) mass is 458 g/mol. The Morgan fingerprint density at radius 3 is 2.35 bits per heavy atom. The number of likely N-dealkylation sites (tertiary alicyclic amines) is 1. The lowest BCUT2D eigenvalue weighted by molar-refractivity contribution is -0.132. The van der Waals surface area contributed by atoms with E-state index in [1.165, 1.54) is 19.3 Å². The molecule has 2 aliphatic rings. The summed E-state index contributed by atoms with van der Waals surface area (Å²) >= 11 is 0. The van der Waals surface area contributed by atoms with E-state index in [2.05, 4.69) is 28.1 Å². The molecular formula is C28H34N4O2. The number of piperidine rings is 1. The second kappa shape index (κ2) is 10.4. The van der Waals surface area contributed by atoms with Gasteiger partial charge in [-0.05, 0) is 49.9 Å². The van der Waals surface area contributed by atoms with Gasteiger partial charge in [0.1, 0.15) is 5.82 Å². The highest BCUT2D eigenvalue weighted by Crippen LogP contribution is 2.25. The van der Waals surface area contributed by atoms with E-state index in [0.29, 0.717) is 25.9 Å². The van der Waals surface area contributed by atoms with Crippen LogP contribution in [-0.4, -0.2) is 45.4 Å². The van der Waals surface area contributed by atoms with Gasteiger partial charge in [0.05, 0.1) is 11.0 Å². The Kier molecular flexibility index (Phi) is 6.93. The van der Waals surface area contributed by atoms with E-state index in [0.717, 1.165) is 48.2 Å². The molecule has 0 spiro atoms. The third-order valence-corrected chi connectivity index (χ3v) is 7.38. The molecule has 0 bridgehead atoms. The number of rotatable bonds is 6. The molecule has 34 heavy (non-hydrogen) atoms. The van der Waals surface area contributed by atoms with Crippen molar-refractivity contribution < 1.29 is 9.59 Å². The molecule has 178 valence electrons. The first-order chi connectivity index (χ1) is 16.7. The fraction of sp³-hybridized carbons (Fsp3) is 0.464. The zero-order valence-corrected chi connectivity index (χ0v) is 19.8. The van der Waals surface area contributed by atoms with Crippen LogP contribution in [0.15, 0.2) is 54.6 Å². The number of nitrogens with one attached hydrogen (secondary N) is 1. The number of hydrogen-bond donors (Lipinski definition) is 1. The van der Waals surface area contributed by atoms with Gasteiger partial charge in [0.15, 0.2) is 0 Å². The predicted molar refractivity (Wildman–Crippen MR) is 134 cm³/mol. The first-order valence-electron chi connectivity index (χ1n) is 12.8. The van der Waals surface area contributed by atoms with Crippen LogP contribution in [0.2, 0.25) is 0 Å². The lowest BCUT2D eigenvalue weighted by Gasteiger charge is -2.33.